The Morgan fingerprint density at radius 3 is 3.00 bits per heavy atom. The van der Waals surface area contributed by atoms with E-state index in [9.17, 15) is 9.59 Å². The van der Waals surface area contributed by atoms with E-state index in [1.165, 1.54) is 6.26 Å². The first-order valence-electron chi connectivity index (χ1n) is 9.14. The topological polar surface area (TPSA) is 91.2 Å². The number of aromatic amines is 1. The van der Waals surface area contributed by atoms with E-state index in [-0.39, 0.29) is 17.7 Å². The normalized spacial score (nSPS) is 18.0. The van der Waals surface area contributed by atoms with Crippen molar-refractivity contribution in [3.8, 4) is 0 Å². The summed E-state index contributed by atoms with van der Waals surface area (Å²) in [5.74, 6) is 0.483. The Morgan fingerprint density at radius 1 is 1.37 bits per heavy atom. The van der Waals surface area contributed by atoms with Gasteiger partial charge in [-0.1, -0.05) is 6.07 Å². The summed E-state index contributed by atoms with van der Waals surface area (Å²) in [6, 6.07) is 8.53. The van der Waals surface area contributed by atoms with Crippen LogP contribution in [0.5, 0.6) is 0 Å². The number of imidazole rings is 1. The number of fused-ring (bicyclic) bond motifs is 1. The van der Waals surface area contributed by atoms with E-state index in [2.05, 4.69) is 21.4 Å². The van der Waals surface area contributed by atoms with Gasteiger partial charge in [-0.05, 0) is 56.5 Å². The number of hydrogen-bond donors (Lipinski definition) is 2. The summed E-state index contributed by atoms with van der Waals surface area (Å²) in [6.07, 6.45) is 3.19. The fourth-order valence-corrected chi connectivity index (χ4v) is 3.60. The zero-order valence-corrected chi connectivity index (χ0v) is 15.4. The number of H-pyrrole nitrogens is 1. The van der Waals surface area contributed by atoms with Crippen molar-refractivity contribution in [2.75, 3.05) is 6.54 Å². The number of nitrogens with one attached hydrogen (secondary N) is 2. The van der Waals surface area contributed by atoms with Crippen LogP contribution in [0.15, 0.2) is 41.0 Å². The molecule has 27 heavy (non-hydrogen) atoms. The highest BCUT2D eigenvalue weighted by Gasteiger charge is 2.34. The minimum atomic E-state index is -0.644. The third kappa shape index (κ3) is 3.32. The monoisotopic (exact) mass is 366 g/mol. The number of aromatic nitrogens is 2. The van der Waals surface area contributed by atoms with E-state index in [4.69, 9.17) is 4.42 Å². The van der Waals surface area contributed by atoms with Crippen molar-refractivity contribution in [2.45, 2.75) is 38.8 Å². The molecule has 2 atom stereocenters. The highest BCUT2D eigenvalue weighted by molar-refractivity contribution is 5.95. The first kappa shape index (κ1) is 17.3. The van der Waals surface area contributed by atoms with Crippen LogP contribution in [-0.4, -0.2) is 39.3 Å². The third-order valence-corrected chi connectivity index (χ3v) is 4.97. The van der Waals surface area contributed by atoms with E-state index in [0.29, 0.717) is 6.54 Å². The Kier molecular flexibility index (Phi) is 4.43. The van der Waals surface area contributed by atoms with Crippen molar-refractivity contribution in [1.82, 2.24) is 20.2 Å². The lowest BCUT2D eigenvalue weighted by Gasteiger charge is -2.26. The largest absolute Gasteiger partial charge is 0.459 e. The number of carbonyl (C=O) groups excluding carboxylic acids is 2. The van der Waals surface area contributed by atoms with Gasteiger partial charge in [0.25, 0.3) is 5.91 Å². The zero-order chi connectivity index (χ0) is 19.0. The molecule has 2 amide bonds. The molecule has 7 heteroatoms. The highest BCUT2D eigenvalue weighted by atomic mass is 16.3. The van der Waals surface area contributed by atoms with Crippen LogP contribution in [0.2, 0.25) is 0 Å². The smallest absolute Gasteiger partial charge is 0.287 e. The number of nitrogens with zero attached hydrogens (tertiary/aromatic N) is 2. The molecule has 0 aliphatic carbocycles. The standard InChI is InChI=1S/C20H22N4O3/c1-12-7-8-14-15(11-12)23-18(22-14)16-5-3-9-24(16)20(26)13(2)21-19(25)17-6-4-10-27-17/h4,6-8,10-11,13,16H,3,5,9H2,1-2H3,(H,21,25)(H,22,23). The first-order valence-corrected chi connectivity index (χ1v) is 9.14. The second-order valence-corrected chi connectivity index (χ2v) is 7.00. The molecule has 7 nitrogen and oxygen atoms in total. The van der Waals surface area contributed by atoms with Crippen molar-refractivity contribution in [3.05, 3.63) is 53.7 Å². The molecule has 0 spiro atoms. The summed E-state index contributed by atoms with van der Waals surface area (Å²) >= 11 is 0. The number of hydrogen-bond acceptors (Lipinski definition) is 4. The number of likely N-dealkylation sites (tertiary alicyclic amines) is 1. The zero-order valence-electron chi connectivity index (χ0n) is 15.4. The Morgan fingerprint density at radius 2 is 2.22 bits per heavy atom. The van der Waals surface area contributed by atoms with Gasteiger partial charge in [0.15, 0.2) is 5.76 Å². The Hall–Kier alpha value is -3.09. The molecule has 1 saturated heterocycles. The van der Waals surface area contributed by atoms with Crippen LogP contribution >= 0.6 is 0 Å². The maximum atomic E-state index is 12.9. The molecule has 2 unspecified atom stereocenters. The molecule has 0 radical (unpaired) electrons. The second kappa shape index (κ2) is 6.90. The van der Waals surface area contributed by atoms with Crippen LogP contribution in [0.1, 0.15) is 47.7 Å². The molecular weight excluding hydrogens is 344 g/mol. The molecular formula is C20H22N4O3. The van der Waals surface area contributed by atoms with E-state index < -0.39 is 11.9 Å². The maximum Gasteiger partial charge on any atom is 0.287 e. The summed E-state index contributed by atoms with van der Waals surface area (Å²) in [7, 11) is 0. The van der Waals surface area contributed by atoms with Crippen LogP contribution in [0, 0.1) is 6.92 Å². The predicted octanol–water partition coefficient (Wildman–Crippen LogP) is 2.95. The van der Waals surface area contributed by atoms with E-state index >= 15 is 0 Å². The first-order chi connectivity index (χ1) is 13.0. The molecule has 1 aliphatic heterocycles. The molecule has 1 aliphatic rings. The number of carbonyl (C=O) groups is 2. The van der Waals surface area contributed by atoms with Gasteiger partial charge in [-0.3, -0.25) is 9.59 Å². The lowest BCUT2D eigenvalue weighted by Crippen LogP contribution is -2.46. The summed E-state index contributed by atoms with van der Waals surface area (Å²) in [6.45, 7) is 4.38. The second-order valence-electron chi connectivity index (χ2n) is 7.00. The molecule has 4 rings (SSSR count). The van der Waals surface area contributed by atoms with Crippen molar-refractivity contribution in [2.24, 2.45) is 0 Å². The summed E-state index contributed by atoms with van der Waals surface area (Å²) < 4.78 is 5.08. The van der Waals surface area contributed by atoms with Gasteiger partial charge in [0.05, 0.1) is 23.3 Å². The van der Waals surface area contributed by atoms with Gasteiger partial charge in [-0.2, -0.15) is 0 Å². The fourth-order valence-electron chi connectivity index (χ4n) is 3.60. The number of rotatable bonds is 4. The van der Waals surface area contributed by atoms with Gasteiger partial charge in [0.2, 0.25) is 5.91 Å². The molecule has 1 aromatic carbocycles. The van der Waals surface area contributed by atoms with Gasteiger partial charge >= 0.3 is 0 Å². The van der Waals surface area contributed by atoms with Crippen LogP contribution in [0.4, 0.5) is 0 Å². The maximum absolute atomic E-state index is 12.9. The van der Waals surface area contributed by atoms with Crippen LogP contribution < -0.4 is 5.32 Å². The summed E-state index contributed by atoms with van der Waals surface area (Å²) in [4.78, 5) is 34.9. The van der Waals surface area contributed by atoms with Crippen molar-refractivity contribution in [1.29, 1.82) is 0 Å². The number of amides is 2. The van der Waals surface area contributed by atoms with E-state index in [1.807, 2.05) is 19.1 Å². The van der Waals surface area contributed by atoms with E-state index in [1.54, 1.807) is 24.0 Å². The Bertz CT molecular complexity index is 976. The quantitative estimate of drug-likeness (QED) is 0.743. The average Bonchev–Trinajstić information content (AvgIpc) is 3.38. The minimum Gasteiger partial charge on any atom is -0.459 e. The molecule has 140 valence electrons. The number of aryl methyl sites for hydroxylation is 1. The van der Waals surface area contributed by atoms with Crippen molar-refractivity contribution >= 4 is 22.8 Å². The third-order valence-electron chi connectivity index (χ3n) is 4.97. The summed E-state index contributed by atoms with van der Waals surface area (Å²) in [5.41, 5.74) is 3.03. The average molecular weight is 366 g/mol. The Balaban J connectivity index is 1.51. The van der Waals surface area contributed by atoms with Gasteiger partial charge in [-0.25, -0.2) is 4.98 Å². The lowest BCUT2D eigenvalue weighted by molar-refractivity contribution is -0.133. The summed E-state index contributed by atoms with van der Waals surface area (Å²) in [5, 5.41) is 2.71. The molecule has 3 aromatic rings. The SMILES string of the molecule is Cc1ccc2nc(C3CCCN3C(=O)C(C)NC(=O)c3ccco3)[nH]c2c1. The van der Waals surface area contributed by atoms with Gasteiger partial charge in [0.1, 0.15) is 11.9 Å². The highest BCUT2D eigenvalue weighted by Crippen LogP contribution is 2.32. The van der Waals surface area contributed by atoms with E-state index in [0.717, 1.165) is 35.3 Å². The number of furan rings is 1. The number of benzene rings is 1. The van der Waals surface area contributed by atoms with Crippen LogP contribution in [-0.2, 0) is 4.79 Å². The van der Waals surface area contributed by atoms with Crippen LogP contribution in [0.25, 0.3) is 11.0 Å². The predicted molar refractivity (Wildman–Crippen MR) is 100 cm³/mol. The Labute approximate surface area is 156 Å². The molecule has 2 aromatic heterocycles. The van der Waals surface area contributed by atoms with Crippen LogP contribution in [0.3, 0.4) is 0 Å². The molecule has 3 heterocycles. The van der Waals surface area contributed by atoms with Crippen molar-refractivity contribution < 1.29 is 14.0 Å². The lowest BCUT2D eigenvalue weighted by atomic mass is 10.2. The fraction of sp³-hybridized carbons (Fsp3) is 0.350. The molecule has 2 N–H and O–H groups in total. The molecule has 0 saturated carbocycles. The van der Waals surface area contributed by atoms with Crippen molar-refractivity contribution in [3.63, 3.8) is 0 Å². The molecule has 1 fully saturated rings. The van der Waals surface area contributed by atoms with Gasteiger partial charge in [-0.15, -0.1) is 0 Å². The minimum absolute atomic E-state index is 0.104. The molecule has 0 bridgehead atoms. The van der Waals surface area contributed by atoms with Gasteiger partial charge in [0, 0.05) is 6.54 Å². The van der Waals surface area contributed by atoms with Gasteiger partial charge < -0.3 is 19.6 Å².